The number of rotatable bonds is 1. The average Bonchev–Trinajstić information content (AvgIpc) is 2.25. The number of hydrogen-bond donors (Lipinski definition) is 0. The first-order chi connectivity index (χ1) is 8.00. The molecule has 1 fully saturated rings. The molecule has 1 aromatic carbocycles. The van der Waals surface area contributed by atoms with Crippen molar-refractivity contribution in [3.63, 3.8) is 0 Å². The first-order valence-corrected chi connectivity index (χ1v) is 6.11. The molecule has 1 aliphatic heterocycles. The van der Waals surface area contributed by atoms with E-state index in [9.17, 15) is 14.0 Å². The van der Waals surface area contributed by atoms with Crippen LogP contribution in [0.4, 0.5) is 10.1 Å². The van der Waals surface area contributed by atoms with Gasteiger partial charge in [0.1, 0.15) is 5.82 Å². The van der Waals surface area contributed by atoms with Crippen LogP contribution in [0.2, 0.25) is 0 Å². The van der Waals surface area contributed by atoms with Crippen molar-refractivity contribution in [2.45, 2.75) is 26.2 Å². The Morgan fingerprint density at radius 2 is 1.82 bits per heavy atom. The highest BCUT2D eigenvalue weighted by Crippen LogP contribution is 2.30. The van der Waals surface area contributed by atoms with E-state index < -0.39 is 5.82 Å². The molecule has 0 saturated carbocycles. The predicted octanol–water partition coefficient (Wildman–Crippen LogP) is 2.94. The van der Waals surface area contributed by atoms with E-state index in [0.29, 0.717) is 30.5 Å². The van der Waals surface area contributed by atoms with Crippen LogP contribution in [0.15, 0.2) is 16.6 Å². The van der Waals surface area contributed by atoms with Crippen LogP contribution in [-0.4, -0.2) is 11.8 Å². The fourth-order valence-electron chi connectivity index (χ4n) is 1.90. The van der Waals surface area contributed by atoms with Crippen LogP contribution < -0.4 is 4.90 Å². The molecule has 0 radical (unpaired) electrons. The SMILES string of the molecule is Cc1cc(F)c(Br)cc1N1C(=O)CCCC1=O. The largest absolute Gasteiger partial charge is 0.274 e. The van der Waals surface area contributed by atoms with Crippen LogP contribution in [0.25, 0.3) is 0 Å². The number of piperidine rings is 1. The minimum absolute atomic E-state index is 0.220. The van der Waals surface area contributed by atoms with Gasteiger partial charge < -0.3 is 0 Å². The quantitative estimate of drug-likeness (QED) is 0.748. The molecule has 90 valence electrons. The topological polar surface area (TPSA) is 37.4 Å². The van der Waals surface area contributed by atoms with E-state index in [1.54, 1.807) is 6.92 Å². The summed E-state index contributed by atoms with van der Waals surface area (Å²) in [4.78, 5) is 24.7. The molecule has 0 unspecified atom stereocenters. The number of imide groups is 1. The zero-order chi connectivity index (χ0) is 12.6. The van der Waals surface area contributed by atoms with Gasteiger partial charge in [-0.25, -0.2) is 4.39 Å². The van der Waals surface area contributed by atoms with E-state index in [4.69, 9.17) is 0 Å². The molecule has 1 saturated heterocycles. The third-order valence-electron chi connectivity index (χ3n) is 2.76. The van der Waals surface area contributed by atoms with E-state index in [-0.39, 0.29) is 16.3 Å². The Hall–Kier alpha value is -1.23. The molecular weight excluding hydrogens is 289 g/mol. The van der Waals surface area contributed by atoms with Crippen LogP contribution in [-0.2, 0) is 9.59 Å². The molecule has 0 aliphatic carbocycles. The minimum Gasteiger partial charge on any atom is -0.274 e. The molecule has 1 aromatic rings. The number of carbonyl (C=O) groups excluding carboxylic acids is 2. The number of amides is 2. The molecule has 0 aromatic heterocycles. The summed E-state index contributed by atoms with van der Waals surface area (Å²) < 4.78 is 13.5. The second kappa shape index (κ2) is 4.56. The van der Waals surface area contributed by atoms with Gasteiger partial charge in [-0.05, 0) is 47.0 Å². The number of halogens is 2. The van der Waals surface area contributed by atoms with Crippen LogP contribution in [0.5, 0.6) is 0 Å². The monoisotopic (exact) mass is 299 g/mol. The van der Waals surface area contributed by atoms with Crippen molar-refractivity contribution in [1.82, 2.24) is 0 Å². The molecule has 0 bridgehead atoms. The lowest BCUT2D eigenvalue weighted by molar-refractivity contribution is -0.129. The highest BCUT2D eigenvalue weighted by atomic mass is 79.9. The average molecular weight is 300 g/mol. The first-order valence-electron chi connectivity index (χ1n) is 5.32. The molecule has 0 N–H and O–H groups in total. The summed E-state index contributed by atoms with van der Waals surface area (Å²) in [5.41, 5.74) is 1.04. The highest BCUT2D eigenvalue weighted by Gasteiger charge is 2.28. The summed E-state index contributed by atoms with van der Waals surface area (Å²) in [6.07, 6.45) is 1.32. The first kappa shape index (κ1) is 12.2. The van der Waals surface area contributed by atoms with Crippen LogP contribution in [0.3, 0.4) is 0 Å². The summed E-state index contributed by atoms with van der Waals surface area (Å²) in [7, 11) is 0. The van der Waals surface area contributed by atoms with Crippen LogP contribution >= 0.6 is 15.9 Å². The maximum absolute atomic E-state index is 13.3. The fraction of sp³-hybridized carbons (Fsp3) is 0.333. The lowest BCUT2D eigenvalue weighted by Crippen LogP contribution is -2.40. The van der Waals surface area contributed by atoms with Crippen molar-refractivity contribution in [1.29, 1.82) is 0 Å². The molecule has 5 heteroatoms. The molecule has 3 nitrogen and oxygen atoms in total. The molecule has 2 amide bonds. The predicted molar refractivity (Wildman–Crippen MR) is 65.2 cm³/mol. The number of nitrogens with zero attached hydrogens (tertiary/aromatic N) is 1. The highest BCUT2D eigenvalue weighted by molar-refractivity contribution is 9.10. The van der Waals surface area contributed by atoms with Gasteiger partial charge in [0.15, 0.2) is 0 Å². The Morgan fingerprint density at radius 3 is 2.41 bits per heavy atom. The lowest BCUT2D eigenvalue weighted by atomic mass is 10.1. The van der Waals surface area contributed by atoms with Gasteiger partial charge >= 0.3 is 0 Å². The molecule has 0 atom stereocenters. The van der Waals surface area contributed by atoms with Crippen molar-refractivity contribution in [2.24, 2.45) is 0 Å². The van der Waals surface area contributed by atoms with Crippen molar-refractivity contribution >= 4 is 33.4 Å². The van der Waals surface area contributed by atoms with E-state index in [2.05, 4.69) is 15.9 Å². The second-order valence-electron chi connectivity index (χ2n) is 4.03. The summed E-state index contributed by atoms with van der Waals surface area (Å²) in [6.45, 7) is 1.68. The molecule has 0 spiro atoms. The van der Waals surface area contributed by atoms with Crippen LogP contribution in [0, 0.1) is 12.7 Å². The molecular formula is C12H11BrFNO2. The van der Waals surface area contributed by atoms with E-state index in [0.717, 1.165) is 4.90 Å². The number of anilines is 1. The van der Waals surface area contributed by atoms with Gasteiger partial charge in [-0.2, -0.15) is 0 Å². The van der Waals surface area contributed by atoms with Crippen molar-refractivity contribution in [2.75, 3.05) is 4.90 Å². The third kappa shape index (κ3) is 2.24. The fourth-order valence-corrected chi connectivity index (χ4v) is 2.23. The third-order valence-corrected chi connectivity index (χ3v) is 3.37. The summed E-state index contributed by atoms with van der Waals surface area (Å²) in [5.74, 6) is -0.839. The van der Waals surface area contributed by atoms with Gasteiger partial charge in [-0.1, -0.05) is 0 Å². The minimum atomic E-state index is -0.400. The Labute approximate surface area is 107 Å². The van der Waals surface area contributed by atoms with E-state index in [1.165, 1.54) is 12.1 Å². The Bertz CT molecular complexity index is 486. The number of aryl methyl sites for hydroxylation is 1. The second-order valence-corrected chi connectivity index (χ2v) is 4.88. The Kier molecular flexibility index (Phi) is 3.28. The van der Waals surface area contributed by atoms with Gasteiger partial charge in [0.05, 0.1) is 10.2 Å². The van der Waals surface area contributed by atoms with Gasteiger partial charge in [0.2, 0.25) is 11.8 Å². The van der Waals surface area contributed by atoms with Gasteiger partial charge in [-0.3, -0.25) is 14.5 Å². The van der Waals surface area contributed by atoms with Crippen LogP contribution in [0.1, 0.15) is 24.8 Å². The maximum Gasteiger partial charge on any atom is 0.233 e. The number of hydrogen-bond acceptors (Lipinski definition) is 2. The molecule has 1 heterocycles. The standard InChI is InChI=1S/C12H11BrFNO2/c1-7-5-9(14)8(13)6-10(7)15-11(16)3-2-4-12(15)17/h5-6H,2-4H2,1H3. The van der Waals surface area contributed by atoms with E-state index in [1.807, 2.05) is 0 Å². The van der Waals surface area contributed by atoms with Crippen molar-refractivity contribution < 1.29 is 14.0 Å². The summed E-state index contributed by atoms with van der Waals surface area (Å²) in [5, 5.41) is 0. The Balaban J connectivity index is 2.48. The number of benzene rings is 1. The Morgan fingerprint density at radius 1 is 1.24 bits per heavy atom. The lowest BCUT2D eigenvalue weighted by Gasteiger charge is -2.26. The van der Waals surface area contributed by atoms with Crippen molar-refractivity contribution in [3.8, 4) is 0 Å². The summed E-state index contributed by atoms with van der Waals surface area (Å²) in [6, 6.07) is 2.79. The molecule has 17 heavy (non-hydrogen) atoms. The van der Waals surface area contributed by atoms with Gasteiger partial charge in [0.25, 0.3) is 0 Å². The van der Waals surface area contributed by atoms with Gasteiger partial charge in [-0.15, -0.1) is 0 Å². The van der Waals surface area contributed by atoms with Gasteiger partial charge in [0, 0.05) is 12.8 Å². The zero-order valence-electron chi connectivity index (χ0n) is 9.30. The maximum atomic E-state index is 13.3. The summed E-state index contributed by atoms with van der Waals surface area (Å²) >= 11 is 3.06. The normalized spacial score (nSPS) is 16.5. The van der Waals surface area contributed by atoms with E-state index >= 15 is 0 Å². The van der Waals surface area contributed by atoms with Crippen molar-refractivity contribution in [3.05, 3.63) is 28.0 Å². The molecule has 1 aliphatic rings. The zero-order valence-corrected chi connectivity index (χ0v) is 10.9. The number of carbonyl (C=O) groups is 2. The molecule has 2 rings (SSSR count). The smallest absolute Gasteiger partial charge is 0.233 e.